The molecule has 0 atom stereocenters. The summed E-state index contributed by atoms with van der Waals surface area (Å²) in [5.74, 6) is -0.182. The van der Waals surface area contributed by atoms with Crippen LogP contribution in [-0.2, 0) is 0 Å². The van der Waals surface area contributed by atoms with Crippen LogP contribution in [0.3, 0.4) is 0 Å². The molecule has 1 aliphatic rings. The Morgan fingerprint density at radius 3 is 3.00 bits per heavy atom. The minimum absolute atomic E-state index is 0.0545. The molecular formula is C16H18BrN3O2S. The second-order valence-electron chi connectivity index (χ2n) is 5.49. The number of nitrogen functional groups attached to an aromatic ring is 1. The molecule has 0 saturated carbocycles. The Balaban J connectivity index is 1.67. The fourth-order valence-corrected chi connectivity index (χ4v) is 4.06. The number of aromatic nitrogens is 1. The molecule has 0 radical (unpaired) electrons. The second-order valence-corrected chi connectivity index (χ2v) is 7.95. The Bertz CT molecular complexity index is 736. The number of anilines is 1. The van der Waals surface area contributed by atoms with Crippen molar-refractivity contribution in [3.8, 4) is 10.6 Å². The first-order valence-corrected chi connectivity index (χ1v) is 9.23. The first kappa shape index (κ1) is 16.3. The minimum atomic E-state index is -0.236. The summed E-state index contributed by atoms with van der Waals surface area (Å²) >= 11 is 4.89. The third-order valence-electron chi connectivity index (χ3n) is 3.87. The van der Waals surface area contributed by atoms with Crippen molar-refractivity contribution in [3.63, 3.8) is 0 Å². The lowest BCUT2D eigenvalue weighted by molar-refractivity contribution is 0.0955. The molecule has 0 spiro atoms. The number of carbonyl (C=O) groups excluding carboxylic acids is 1. The Morgan fingerprint density at radius 1 is 1.43 bits per heavy atom. The minimum Gasteiger partial charge on any atom is -0.367 e. The van der Waals surface area contributed by atoms with Gasteiger partial charge in [0.2, 0.25) is 5.88 Å². The predicted molar refractivity (Wildman–Crippen MR) is 95.4 cm³/mol. The maximum atomic E-state index is 12.5. The lowest BCUT2D eigenvalue weighted by atomic mass is 9.97. The van der Waals surface area contributed by atoms with Crippen molar-refractivity contribution in [1.82, 2.24) is 10.5 Å². The molecule has 2 aromatic heterocycles. The van der Waals surface area contributed by atoms with Crippen LogP contribution >= 0.6 is 27.3 Å². The number of nitrogens with one attached hydrogen (secondary N) is 1. The van der Waals surface area contributed by atoms with Gasteiger partial charge >= 0.3 is 0 Å². The molecule has 23 heavy (non-hydrogen) atoms. The van der Waals surface area contributed by atoms with Crippen molar-refractivity contribution >= 4 is 39.1 Å². The summed E-state index contributed by atoms with van der Waals surface area (Å²) in [4.78, 5) is 13.3. The van der Waals surface area contributed by atoms with Gasteiger partial charge in [-0.1, -0.05) is 16.8 Å². The van der Waals surface area contributed by atoms with Gasteiger partial charge in [0.15, 0.2) is 0 Å². The van der Waals surface area contributed by atoms with Crippen LogP contribution in [0.15, 0.2) is 32.1 Å². The number of hydrogen-bond donors (Lipinski definition) is 2. The monoisotopic (exact) mass is 395 g/mol. The highest BCUT2D eigenvalue weighted by Gasteiger charge is 2.23. The molecule has 0 bridgehead atoms. The normalized spacial score (nSPS) is 14.6. The lowest BCUT2D eigenvalue weighted by Gasteiger charge is -2.12. The number of halogens is 1. The molecule has 5 nitrogen and oxygen atoms in total. The zero-order chi connectivity index (χ0) is 16.2. The standard InChI is InChI=1S/C16H18BrN3O2S/c17-12-7-6-11(23-12)14-13(15(18)22-20-14)16(21)19-9-8-10-4-2-1-3-5-10/h4,6-7H,1-3,5,8-9,18H2,(H,19,21). The van der Waals surface area contributed by atoms with E-state index in [-0.39, 0.29) is 11.8 Å². The Hall–Kier alpha value is -1.60. The fourth-order valence-electron chi connectivity index (χ4n) is 2.69. The van der Waals surface area contributed by atoms with E-state index in [1.165, 1.54) is 29.8 Å². The van der Waals surface area contributed by atoms with Crippen LogP contribution in [0.5, 0.6) is 0 Å². The molecule has 0 fully saturated rings. The summed E-state index contributed by atoms with van der Waals surface area (Å²) in [6.45, 7) is 0.600. The van der Waals surface area contributed by atoms with Crippen molar-refractivity contribution in [3.05, 3.63) is 33.1 Å². The van der Waals surface area contributed by atoms with E-state index in [9.17, 15) is 4.79 Å². The first-order valence-electron chi connectivity index (χ1n) is 7.62. The smallest absolute Gasteiger partial charge is 0.259 e. The number of carbonyl (C=O) groups is 1. The molecular weight excluding hydrogens is 378 g/mol. The molecule has 3 N–H and O–H groups in total. The van der Waals surface area contributed by atoms with E-state index in [0.29, 0.717) is 17.8 Å². The highest BCUT2D eigenvalue weighted by molar-refractivity contribution is 9.11. The van der Waals surface area contributed by atoms with Crippen molar-refractivity contribution in [2.45, 2.75) is 32.1 Å². The maximum Gasteiger partial charge on any atom is 0.259 e. The Labute approximate surface area is 147 Å². The summed E-state index contributed by atoms with van der Waals surface area (Å²) < 4.78 is 5.99. The molecule has 0 unspecified atom stereocenters. The van der Waals surface area contributed by atoms with E-state index in [1.807, 2.05) is 12.1 Å². The topological polar surface area (TPSA) is 81.2 Å². The van der Waals surface area contributed by atoms with Crippen LogP contribution in [0.1, 0.15) is 42.5 Å². The number of amides is 1. The summed E-state index contributed by atoms with van der Waals surface area (Å²) in [6.07, 6.45) is 7.98. The molecule has 2 aromatic rings. The SMILES string of the molecule is Nc1onc(-c2ccc(Br)s2)c1C(=O)NCCC1=CCCCC1. The molecule has 7 heteroatoms. The van der Waals surface area contributed by atoms with Crippen LogP contribution in [-0.4, -0.2) is 17.6 Å². The molecule has 0 aliphatic heterocycles. The number of rotatable bonds is 5. The molecule has 0 saturated heterocycles. The van der Waals surface area contributed by atoms with Gasteiger partial charge in [-0.2, -0.15) is 0 Å². The van der Waals surface area contributed by atoms with Gasteiger partial charge in [-0.15, -0.1) is 11.3 Å². The number of hydrogen-bond acceptors (Lipinski definition) is 5. The zero-order valence-corrected chi connectivity index (χ0v) is 15.0. The molecule has 1 aliphatic carbocycles. The van der Waals surface area contributed by atoms with Gasteiger partial charge in [-0.05, 0) is 60.2 Å². The van der Waals surface area contributed by atoms with Crippen LogP contribution in [0.25, 0.3) is 10.6 Å². The van der Waals surface area contributed by atoms with E-state index in [0.717, 1.165) is 27.9 Å². The van der Waals surface area contributed by atoms with Crippen molar-refractivity contribution in [2.75, 3.05) is 12.3 Å². The van der Waals surface area contributed by atoms with Gasteiger partial charge in [0.25, 0.3) is 5.91 Å². The van der Waals surface area contributed by atoms with Crippen molar-refractivity contribution < 1.29 is 9.32 Å². The van der Waals surface area contributed by atoms with E-state index >= 15 is 0 Å². The number of thiophene rings is 1. The van der Waals surface area contributed by atoms with Gasteiger partial charge in [0.1, 0.15) is 11.3 Å². The van der Waals surface area contributed by atoms with Gasteiger partial charge in [-0.25, -0.2) is 0 Å². The molecule has 3 rings (SSSR count). The third kappa shape index (κ3) is 3.84. The average molecular weight is 396 g/mol. The van der Waals surface area contributed by atoms with Gasteiger partial charge in [0.05, 0.1) is 8.66 Å². The largest absolute Gasteiger partial charge is 0.367 e. The average Bonchev–Trinajstić information content (AvgIpc) is 3.14. The van der Waals surface area contributed by atoms with Gasteiger partial charge in [-0.3, -0.25) is 4.79 Å². The predicted octanol–water partition coefficient (Wildman–Crippen LogP) is 4.37. The van der Waals surface area contributed by atoms with Crippen LogP contribution in [0.2, 0.25) is 0 Å². The van der Waals surface area contributed by atoms with Crippen molar-refractivity contribution in [2.24, 2.45) is 0 Å². The zero-order valence-electron chi connectivity index (χ0n) is 12.6. The highest BCUT2D eigenvalue weighted by Crippen LogP contribution is 2.34. The summed E-state index contributed by atoms with van der Waals surface area (Å²) in [5.41, 5.74) is 8.03. The van der Waals surface area contributed by atoms with Gasteiger partial charge in [0, 0.05) is 6.54 Å². The van der Waals surface area contributed by atoms with E-state index in [2.05, 4.69) is 32.5 Å². The van der Waals surface area contributed by atoms with Crippen LogP contribution < -0.4 is 11.1 Å². The van der Waals surface area contributed by atoms with Crippen molar-refractivity contribution in [1.29, 1.82) is 0 Å². The molecule has 2 heterocycles. The third-order valence-corrected chi connectivity index (χ3v) is 5.50. The van der Waals surface area contributed by atoms with Crippen LogP contribution in [0.4, 0.5) is 5.88 Å². The Morgan fingerprint density at radius 2 is 2.30 bits per heavy atom. The Kier molecular flexibility index (Phi) is 5.17. The number of nitrogens with zero attached hydrogens (tertiary/aromatic N) is 1. The second kappa shape index (κ2) is 7.31. The maximum absolute atomic E-state index is 12.5. The summed E-state index contributed by atoms with van der Waals surface area (Å²) in [7, 11) is 0. The van der Waals surface area contributed by atoms with Crippen LogP contribution in [0, 0.1) is 0 Å². The quantitative estimate of drug-likeness (QED) is 0.736. The van der Waals surface area contributed by atoms with E-state index in [1.54, 1.807) is 0 Å². The molecule has 122 valence electrons. The summed E-state index contributed by atoms with van der Waals surface area (Å²) in [5, 5.41) is 6.86. The van der Waals surface area contributed by atoms with E-state index in [4.69, 9.17) is 10.3 Å². The number of nitrogens with two attached hydrogens (primary N) is 1. The lowest BCUT2D eigenvalue weighted by Crippen LogP contribution is -2.25. The molecule has 0 aromatic carbocycles. The first-order chi connectivity index (χ1) is 11.1. The van der Waals surface area contributed by atoms with E-state index < -0.39 is 0 Å². The number of allylic oxidation sites excluding steroid dienone is 1. The fraction of sp³-hybridized carbons (Fsp3) is 0.375. The molecule has 1 amide bonds. The highest BCUT2D eigenvalue weighted by atomic mass is 79.9. The summed E-state index contributed by atoms with van der Waals surface area (Å²) in [6, 6.07) is 3.79. The van der Waals surface area contributed by atoms with Gasteiger partial charge < -0.3 is 15.6 Å².